The van der Waals surface area contributed by atoms with E-state index in [9.17, 15) is 14.4 Å². The summed E-state index contributed by atoms with van der Waals surface area (Å²) in [7, 11) is 2.10. The van der Waals surface area contributed by atoms with Crippen LogP contribution in [0, 0.1) is 6.92 Å². The number of fused-ring (bicyclic) bond motifs is 1. The number of hydrogen-bond donors (Lipinski definition) is 2. The first-order valence-electron chi connectivity index (χ1n) is 10.9. The number of piperidine rings is 1. The van der Waals surface area contributed by atoms with Crippen molar-refractivity contribution in [2.45, 2.75) is 32.8 Å². The number of carbonyl (C=O) groups excluding carboxylic acids is 2. The number of anilines is 2. The van der Waals surface area contributed by atoms with Crippen LogP contribution in [-0.2, 0) is 0 Å². The fourth-order valence-corrected chi connectivity index (χ4v) is 3.88. The molecule has 0 bridgehead atoms. The number of nitrogens with zero attached hydrogens (tertiary/aromatic N) is 1. The van der Waals surface area contributed by atoms with E-state index < -0.39 is 11.7 Å². The molecule has 2 aromatic carbocycles. The molecule has 2 amide bonds. The maximum Gasteiger partial charge on any atom is 0.360 e. The zero-order valence-electron chi connectivity index (χ0n) is 18.9. The largest absolute Gasteiger partial charge is 0.490 e. The third kappa shape index (κ3) is 5.23. The fourth-order valence-electron chi connectivity index (χ4n) is 3.88. The summed E-state index contributed by atoms with van der Waals surface area (Å²) in [6.45, 7) is 5.31. The summed E-state index contributed by atoms with van der Waals surface area (Å²) in [6, 6.07) is 11.2. The summed E-state index contributed by atoms with van der Waals surface area (Å²) in [5, 5.41) is 5.85. The number of rotatable bonds is 5. The Hall–Kier alpha value is -3.65. The van der Waals surface area contributed by atoms with Gasteiger partial charge in [0.1, 0.15) is 23.1 Å². The molecular formula is C25H27N3O5. The molecule has 8 heteroatoms. The van der Waals surface area contributed by atoms with Gasteiger partial charge in [-0.25, -0.2) is 9.59 Å². The Bertz CT molecular complexity index is 1240. The molecule has 0 aliphatic carbocycles. The van der Waals surface area contributed by atoms with Gasteiger partial charge in [0.05, 0.1) is 0 Å². The van der Waals surface area contributed by atoms with Crippen LogP contribution >= 0.6 is 0 Å². The molecule has 8 nitrogen and oxygen atoms in total. The molecular weight excluding hydrogens is 422 g/mol. The van der Waals surface area contributed by atoms with Gasteiger partial charge in [-0.1, -0.05) is 0 Å². The molecule has 1 aliphatic rings. The minimum Gasteiger partial charge on any atom is -0.490 e. The summed E-state index contributed by atoms with van der Waals surface area (Å²) in [5.41, 5.74) is 1.62. The van der Waals surface area contributed by atoms with Crippen LogP contribution in [0.3, 0.4) is 0 Å². The van der Waals surface area contributed by atoms with Gasteiger partial charge in [-0.2, -0.15) is 0 Å². The molecule has 1 fully saturated rings. The Labute approximate surface area is 191 Å². The maximum atomic E-state index is 12.5. The van der Waals surface area contributed by atoms with E-state index in [1.807, 2.05) is 19.1 Å². The van der Waals surface area contributed by atoms with Crippen molar-refractivity contribution in [3.05, 3.63) is 64.0 Å². The molecule has 33 heavy (non-hydrogen) atoms. The first-order valence-corrected chi connectivity index (χ1v) is 10.9. The van der Waals surface area contributed by atoms with E-state index in [0.29, 0.717) is 28.0 Å². The van der Waals surface area contributed by atoms with Crippen molar-refractivity contribution < 1.29 is 18.7 Å². The van der Waals surface area contributed by atoms with Crippen molar-refractivity contribution in [3.8, 4) is 5.75 Å². The lowest BCUT2D eigenvalue weighted by molar-refractivity contribution is 0.101. The average molecular weight is 450 g/mol. The number of hydrogen-bond acceptors (Lipinski definition) is 6. The van der Waals surface area contributed by atoms with Crippen LogP contribution in [0.5, 0.6) is 5.75 Å². The standard InChI is InChI=1S/C25H27N3O5/c1-15-22(32-20-10-12-28(3)13-11-20)9-6-18-14-21(24(30)33-23(15)18)27-25(31)26-19-7-4-17(5-8-19)16(2)29/h4-9,14,20H,10-13H2,1-3H3,(H2,26,27,31). The van der Waals surface area contributed by atoms with E-state index in [1.165, 1.54) is 6.92 Å². The van der Waals surface area contributed by atoms with Crippen LogP contribution in [0.15, 0.2) is 51.7 Å². The molecule has 172 valence electrons. The average Bonchev–Trinajstić information content (AvgIpc) is 2.78. The van der Waals surface area contributed by atoms with Gasteiger partial charge in [0.15, 0.2) is 5.78 Å². The van der Waals surface area contributed by atoms with E-state index >= 15 is 0 Å². The third-order valence-electron chi connectivity index (χ3n) is 5.86. The van der Waals surface area contributed by atoms with E-state index in [0.717, 1.165) is 31.5 Å². The molecule has 0 unspecified atom stereocenters. The second-order valence-corrected chi connectivity index (χ2v) is 8.39. The Balaban J connectivity index is 1.48. The van der Waals surface area contributed by atoms with Crippen LogP contribution in [0.25, 0.3) is 11.0 Å². The number of urea groups is 1. The lowest BCUT2D eigenvalue weighted by Gasteiger charge is -2.29. The number of likely N-dealkylation sites (tertiary alicyclic amines) is 1. The predicted octanol–water partition coefficient (Wildman–Crippen LogP) is 4.42. The third-order valence-corrected chi connectivity index (χ3v) is 5.86. The van der Waals surface area contributed by atoms with Crippen LogP contribution in [0.4, 0.5) is 16.2 Å². The number of ketones is 1. The van der Waals surface area contributed by atoms with Gasteiger partial charge < -0.3 is 24.7 Å². The van der Waals surface area contributed by atoms with Gasteiger partial charge in [0.2, 0.25) is 0 Å². The molecule has 4 rings (SSSR count). The van der Waals surface area contributed by atoms with Crippen molar-refractivity contribution in [2.75, 3.05) is 30.8 Å². The van der Waals surface area contributed by atoms with E-state index in [2.05, 4.69) is 22.6 Å². The van der Waals surface area contributed by atoms with Gasteiger partial charge in [-0.3, -0.25) is 4.79 Å². The number of aryl methyl sites for hydroxylation is 1. The Morgan fingerprint density at radius 1 is 1.06 bits per heavy atom. The van der Waals surface area contributed by atoms with Crippen molar-refractivity contribution in [2.24, 2.45) is 0 Å². The van der Waals surface area contributed by atoms with E-state index in [-0.39, 0.29) is 17.6 Å². The highest BCUT2D eigenvalue weighted by atomic mass is 16.5. The quantitative estimate of drug-likeness (QED) is 0.442. The lowest BCUT2D eigenvalue weighted by Crippen LogP contribution is -2.35. The number of nitrogens with one attached hydrogen (secondary N) is 2. The molecule has 0 saturated carbocycles. The normalized spacial score (nSPS) is 14.8. The number of carbonyl (C=O) groups is 2. The minimum absolute atomic E-state index is 0.0312. The van der Waals surface area contributed by atoms with Gasteiger partial charge >= 0.3 is 11.7 Å². The van der Waals surface area contributed by atoms with Crippen molar-refractivity contribution in [1.29, 1.82) is 0 Å². The highest BCUT2D eigenvalue weighted by Crippen LogP contribution is 2.29. The Morgan fingerprint density at radius 2 is 1.76 bits per heavy atom. The summed E-state index contributed by atoms with van der Waals surface area (Å²) >= 11 is 0. The highest BCUT2D eigenvalue weighted by Gasteiger charge is 2.20. The topological polar surface area (TPSA) is 101 Å². The number of Topliss-reactive ketones (excluding diaryl/α,β-unsaturated/α-hetero) is 1. The zero-order chi connectivity index (χ0) is 23.5. The molecule has 2 heterocycles. The summed E-state index contributed by atoms with van der Waals surface area (Å²) in [4.78, 5) is 38.5. The fraction of sp³-hybridized carbons (Fsp3) is 0.320. The number of benzene rings is 2. The monoisotopic (exact) mass is 449 g/mol. The number of amides is 2. The molecule has 0 atom stereocenters. The lowest BCUT2D eigenvalue weighted by atomic mass is 10.1. The van der Waals surface area contributed by atoms with Crippen molar-refractivity contribution in [3.63, 3.8) is 0 Å². The smallest absolute Gasteiger partial charge is 0.360 e. The highest BCUT2D eigenvalue weighted by molar-refractivity contribution is 6.01. The predicted molar refractivity (Wildman–Crippen MR) is 127 cm³/mol. The zero-order valence-corrected chi connectivity index (χ0v) is 18.9. The first-order chi connectivity index (χ1) is 15.8. The molecule has 0 spiro atoms. The number of ether oxygens (including phenoxy) is 1. The Morgan fingerprint density at radius 3 is 2.42 bits per heavy atom. The van der Waals surface area contributed by atoms with Crippen molar-refractivity contribution >= 4 is 34.2 Å². The van der Waals surface area contributed by atoms with Crippen LogP contribution in [0.2, 0.25) is 0 Å². The molecule has 3 aromatic rings. The van der Waals surface area contributed by atoms with Crippen molar-refractivity contribution in [1.82, 2.24) is 4.90 Å². The minimum atomic E-state index is -0.649. The summed E-state index contributed by atoms with van der Waals surface area (Å²) < 4.78 is 11.7. The SMILES string of the molecule is CC(=O)c1ccc(NC(=O)Nc2cc3ccc(OC4CCN(C)CC4)c(C)c3oc2=O)cc1. The molecule has 1 aliphatic heterocycles. The second-order valence-electron chi connectivity index (χ2n) is 8.39. The molecule has 1 saturated heterocycles. The Kier molecular flexibility index (Phi) is 6.46. The second kappa shape index (κ2) is 9.46. The maximum absolute atomic E-state index is 12.5. The summed E-state index contributed by atoms with van der Waals surface area (Å²) in [6.07, 6.45) is 2.04. The first kappa shape index (κ1) is 22.5. The van der Waals surface area contributed by atoms with Crippen LogP contribution in [0.1, 0.15) is 35.7 Å². The van der Waals surface area contributed by atoms with Gasteiger partial charge in [-0.05, 0) is 76.2 Å². The molecule has 2 N–H and O–H groups in total. The van der Waals surface area contributed by atoms with E-state index in [4.69, 9.17) is 9.15 Å². The molecule has 0 radical (unpaired) electrons. The summed E-state index contributed by atoms with van der Waals surface area (Å²) in [5.74, 6) is 0.641. The van der Waals surface area contributed by atoms with Gasteiger partial charge in [-0.15, -0.1) is 0 Å². The van der Waals surface area contributed by atoms with Crippen LogP contribution in [-0.4, -0.2) is 43.0 Å². The van der Waals surface area contributed by atoms with E-state index in [1.54, 1.807) is 30.3 Å². The van der Waals surface area contributed by atoms with Gasteiger partial charge in [0, 0.05) is 35.3 Å². The van der Waals surface area contributed by atoms with Gasteiger partial charge in [0.25, 0.3) is 0 Å². The molecule has 1 aromatic heterocycles. The van der Waals surface area contributed by atoms with Crippen LogP contribution < -0.4 is 21.0 Å².